The average molecular weight is 311 g/mol. The Labute approximate surface area is 121 Å². The molecule has 2 heterocycles. The molecular weight excluding hydrogens is 302 g/mol. The van der Waals surface area contributed by atoms with E-state index in [0.29, 0.717) is 6.54 Å². The van der Waals surface area contributed by atoms with Crippen LogP contribution in [0.4, 0.5) is 9.80 Å². The van der Waals surface area contributed by atoms with Gasteiger partial charge in [-0.3, -0.25) is 20.2 Å². The van der Waals surface area contributed by atoms with Gasteiger partial charge in [-0.05, 0) is 11.4 Å². The van der Waals surface area contributed by atoms with Crippen molar-refractivity contribution in [2.75, 3.05) is 0 Å². The van der Waals surface area contributed by atoms with Gasteiger partial charge in [0.05, 0.1) is 17.0 Å². The molecule has 0 spiro atoms. The minimum atomic E-state index is -0.668. The SMILES string of the molecule is O=C(NCc1cccs1)NC(=O)c1csc([N+](=O)[O-])c1. The average Bonchev–Trinajstić information content (AvgIpc) is 3.07. The second kappa shape index (κ2) is 6.26. The zero-order chi connectivity index (χ0) is 14.5. The highest BCUT2D eigenvalue weighted by molar-refractivity contribution is 7.13. The van der Waals surface area contributed by atoms with Crippen LogP contribution in [0.1, 0.15) is 15.2 Å². The van der Waals surface area contributed by atoms with Crippen molar-refractivity contribution in [1.29, 1.82) is 0 Å². The van der Waals surface area contributed by atoms with Gasteiger partial charge in [0.2, 0.25) is 0 Å². The lowest BCUT2D eigenvalue weighted by atomic mass is 10.3. The minimum Gasteiger partial charge on any atom is -0.333 e. The summed E-state index contributed by atoms with van der Waals surface area (Å²) in [6.07, 6.45) is 0. The van der Waals surface area contributed by atoms with Gasteiger partial charge in [0.25, 0.3) is 5.91 Å². The van der Waals surface area contributed by atoms with Gasteiger partial charge >= 0.3 is 11.0 Å². The predicted molar refractivity (Wildman–Crippen MR) is 75.0 cm³/mol. The third-order valence-electron chi connectivity index (χ3n) is 2.26. The highest BCUT2D eigenvalue weighted by atomic mass is 32.1. The van der Waals surface area contributed by atoms with Crippen LogP contribution < -0.4 is 10.6 Å². The van der Waals surface area contributed by atoms with E-state index in [1.807, 2.05) is 17.5 Å². The molecule has 0 atom stereocenters. The summed E-state index contributed by atoms with van der Waals surface area (Å²) in [5.41, 5.74) is 0.0907. The van der Waals surface area contributed by atoms with E-state index in [0.717, 1.165) is 22.3 Å². The normalized spacial score (nSPS) is 10.0. The fraction of sp³-hybridized carbons (Fsp3) is 0.0909. The standard InChI is InChI=1S/C11H9N3O4S2/c15-10(7-4-9(14(17)18)20-6-7)13-11(16)12-5-8-2-1-3-19-8/h1-4,6H,5H2,(H2,12,13,15,16). The summed E-state index contributed by atoms with van der Waals surface area (Å²) in [6.45, 7) is 0.320. The Hall–Kier alpha value is -2.26. The van der Waals surface area contributed by atoms with Gasteiger partial charge in [-0.15, -0.1) is 11.3 Å². The molecule has 0 radical (unpaired) electrons. The molecule has 0 aliphatic carbocycles. The lowest BCUT2D eigenvalue weighted by Crippen LogP contribution is -2.38. The molecule has 9 heteroatoms. The van der Waals surface area contributed by atoms with Gasteiger partial charge in [0.15, 0.2) is 0 Å². The van der Waals surface area contributed by atoms with Gasteiger partial charge < -0.3 is 5.32 Å². The molecule has 7 nitrogen and oxygen atoms in total. The maximum Gasteiger partial charge on any atom is 0.324 e. The smallest absolute Gasteiger partial charge is 0.324 e. The Kier molecular flexibility index (Phi) is 4.43. The number of nitrogens with one attached hydrogen (secondary N) is 2. The van der Waals surface area contributed by atoms with Crippen molar-refractivity contribution in [1.82, 2.24) is 10.6 Å². The van der Waals surface area contributed by atoms with Crippen LogP contribution in [-0.2, 0) is 6.54 Å². The molecule has 2 rings (SSSR count). The zero-order valence-corrected chi connectivity index (χ0v) is 11.6. The Morgan fingerprint density at radius 2 is 2.15 bits per heavy atom. The second-order valence-corrected chi connectivity index (χ2v) is 5.57. The van der Waals surface area contributed by atoms with Gasteiger partial charge in [-0.2, -0.15) is 0 Å². The highest BCUT2D eigenvalue weighted by Crippen LogP contribution is 2.22. The summed E-state index contributed by atoms with van der Waals surface area (Å²) in [4.78, 5) is 34.0. The second-order valence-electron chi connectivity index (χ2n) is 3.65. The number of rotatable bonds is 4. The van der Waals surface area contributed by atoms with E-state index in [1.54, 1.807) is 0 Å². The molecule has 0 fully saturated rings. The molecule has 0 saturated heterocycles. The summed E-state index contributed by atoms with van der Waals surface area (Å²) in [5, 5.41) is 18.2. The van der Waals surface area contributed by atoms with Gasteiger partial charge in [-0.25, -0.2) is 4.79 Å². The first-order valence-electron chi connectivity index (χ1n) is 5.41. The Balaban J connectivity index is 1.86. The molecule has 2 aromatic rings. The number of hydrogen-bond acceptors (Lipinski definition) is 6. The molecule has 20 heavy (non-hydrogen) atoms. The molecule has 0 aromatic carbocycles. The van der Waals surface area contributed by atoms with Gasteiger partial charge in [0, 0.05) is 16.3 Å². The minimum absolute atomic E-state index is 0.0907. The van der Waals surface area contributed by atoms with Crippen LogP contribution in [0.25, 0.3) is 0 Å². The number of carbonyl (C=O) groups is 2. The lowest BCUT2D eigenvalue weighted by molar-refractivity contribution is -0.380. The van der Waals surface area contributed by atoms with E-state index in [-0.39, 0.29) is 10.6 Å². The Bertz CT molecular complexity index is 636. The molecule has 0 aliphatic rings. The number of carbonyl (C=O) groups excluding carboxylic acids is 2. The van der Waals surface area contributed by atoms with Crippen molar-refractivity contribution in [3.8, 4) is 0 Å². The molecular formula is C11H9N3O4S2. The van der Waals surface area contributed by atoms with Gasteiger partial charge in [-0.1, -0.05) is 17.4 Å². The van der Waals surface area contributed by atoms with Crippen molar-refractivity contribution in [3.05, 3.63) is 49.5 Å². The molecule has 0 saturated carbocycles. The fourth-order valence-electron chi connectivity index (χ4n) is 1.34. The number of nitrogens with zero attached hydrogens (tertiary/aromatic N) is 1. The fourth-order valence-corrected chi connectivity index (χ4v) is 2.69. The Morgan fingerprint density at radius 3 is 2.75 bits per heavy atom. The molecule has 2 aromatic heterocycles. The number of urea groups is 1. The largest absolute Gasteiger partial charge is 0.333 e. The monoisotopic (exact) mass is 311 g/mol. The first-order valence-corrected chi connectivity index (χ1v) is 7.16. The molecule has 3 amide bonds. The van der Waals surface area contributed by atoms with Crippen LogP contribution in [0.15, 0.2) is 29.0 Å². The van der Waals surface area contributed by atoms with E-state index >= 15 is 0 Å². The van der Waals surface area contributed by atoms with E-state index in [4.69, 9.17) is 0 Å². The maximum atomic E-state index is 11.7. The zero-order valence-electron chi connectivity index (χ0n) is 9.99. The van der Waals surface area contributed by atoms with Crippen LogP contribution >= 0.6 is 22.7 Å². The predicted octanol–water partition coefficient (Wildman–Crippen LogP) is 2.36. The van der Waals surface area contributed by atoms with E-state index in [9.17, 15) is 19.7 Å². The number of thiophene rings is 2. The number of nitro groups is 1. The van der Waals surface area contributed by atoms with Crippen molar-refractivity contribution in [3.63, 3.8) is 0 Å². The third kappa shape index (κ3) is 3.62. The quantitative estimate of drug-likeness (QED) is 0.668. The third-order valence-corrected chi connectivity index (χ3v) is 4.01. The van der Waals surface area contributed by atoms with Crippen molar-refractivity contribution in [2.45, 2.75) is 6.54 Å². The summed E-state index contributed by atoms with van der Waals surface area (Å²) in [7, 11) is 0. The topological polar surface area (TPSA) is 101 Å². The Morgan fingerprint density at radius 1 is 1.35 bits per heavy atom. The van der Waals surface area contributed by atoms with Crippen LogP contribution in [0.3, 0.4) is 0 Å². The van der Waals surface area contributed by atoms with E-state index in [2.05, 4.69) is 10.6 Å². The van der Waals surface area contributed by atoms with Crippen molar-refractivity contribution in [2.24, 2.45) is 0 Å². The number of imide groups is 1. The summed E-state index contributed by atoms with van der Waals surface area (Å²) >= 11 is 2.32. The van der Waals surface area contributed by atoms with Crippen LogP contribution in [-0.4, -0.2) is 16.9 Å². The molecule has 2 N–H and O–H groups in total. The molecule has 0 unspecified atom stereocenters. The van der Waals surface area contributed by atoms with Crippen LogP contribution in [0, 0.1) is 10.1 Å². The van der Waals surface area contributed by atoms with Crippen LogP contribution in [0.2, 0.25) is 0 Å². The molecule has 104 valence electrons. The van der Waals surface area contributed by atoms with E-state index in [1.165, 1.54) is 16.7 Å². The first-order chi connectivity index (χ1) is 9.56. The van der Waals surface area contributed by atoms with E-state index < -0.39 is 16.9 Å². The van der Waals surface area contributed by atoms with Crippen molar-refractivity contribution >= 4 is 39.6 Å². The number of hydrogen-bond donors (Lipinski definition) is 2. The van der Waals surface area contributed by atoms with Crippen LogP contribution in [0.5, 0.6) is 0 Å². The van der Waals surface area contributed by atoms with Gasteiger partial charge in [0.1, 0.15) is 0 Å². The molecule has 0 bridgehead atoms. The summed E-state index contributed by atoms with van der Waals surface area (Å²) < 4.78 is 0. The first kappa shape index (κ1) is 14.2. The number of amides is 3. The summed E-state index contributed by atoms with van der Waals surface area (Å²) in [5.74, 6) is -0.668. The maximum absolute atomic E-state index is 11.7. The molecule has 0 aliphatic heterocycles. The van der Waals surface area contributed by atoms with Crippen molar-refractivity contribution < 1.29 is 14.5 Å². The lowest BCUT2D eigenvalue weighted by Gasteiger charge is -2.04. The summed E-state index contributed by atoms with van der Waals surface area (Å²) in [6, 6.07) is 4.20. The highest BCUT2D eigenvalue weighted by Gasteiger charge is 2.16.